The van der Waals surface area contributed by atoms with Gasteiger partial charge in [0.1, 0.15) is 5.69 Å². The summed E-state index contributed by atoms with van der Waals surface area (Å²) in [5.41, 5.74) is 3.58. The Morgan fingerprint density at radius 3 is 2.54 bits per heavy atom. The van der Waals surface area contributed by atoms with Crippen LogP contribution in [0.1, 0.15) is 16.2 Å². The summed E-state index contributed by atoms with van der Waals surface area (Å²) < 4.78 is 0. The maximum Gasteiger partial charge on any atom is 0.274 e. The van der Waals surface area contributed by atoms with Crippen molar-refractivity contribution in [1.29, 1.82) is 0 Å². The van der Waals surface area contributed by atoms with E-state index in [1.807, 2.05) is 67.6 Å². The second-order valence-electron chi connectivity index (χ2n) is 5.67. The molecule has 0 spiro atoms. The Morgan fingerprint density at radius 2 is 1.62 bits per heavy atom. The Kier molecular flexibility index (Phi) is 3.43. The van der Waals surface area contributed by atoms with E-state index in [0.29, 0.717) is 11.4 Å². The fourth-order valence-electron chi connectivity index (χ4n) is 2.72. The van der Waals surface area contributed by atoms with Gasteiger partial charge < -0.3 is 5.32 Å². The maximum atomic E-state index is 12.6. The van der Waals surface area contributed by atoms with Crippen LogP contribution in [0.15, 0.2) is 66.7 Å². The molecule has 0 fully saturated rings. The van der Waals surface area contributed by atoms with Crippen molar-refractivity contribution in [1.82, 2.24) is 9.97 Å². The molecule has 2 aromatic heterocycles. The predicted molar refractivity (Wildman–Crippen MR) is 96.2 cm³/mol. The van der Waals surface area contributed by atoms with Crippen molar-refractivity contribution in [3.05, 3.63) is 78.1 Å². The van der Waals surface area contributed by atoms with E-state index in [-0.39, 0.29) is 5.91 Å². The Labute approximate surface area is 139 Å². The summed E-state index contributed by atoms with van der Waals surface area (Å²) in [6.07, 6.45) is 0. The van der Waals surface area contributed by atoms with E-state index >= 15 is 0 Å². The second kappa shape index (κ2) is 5.74. The van der Waals surface area contributed by atoms with Gasteiger partial charge in [-0.15, -0.1) is 0 Å². The molecule has 0 saturated carbocycles. The second-order valence-corrected chi connectivity index (χ2v) is 5.67. The number of amides is 1. The third-order valence-electron chi connectivity index (χ3n) is 3.94. The normalized spacial score (nSPS) is 10.9. The molecule has 4 aromatic rings. The lowest BCUT2D eigenvalue weighted by Crippen LogP contribution is -2.14. The SMILES string of the molecule is Cc1ccc2cccc(NC(=O)c3ccc4ccccc4n3)c2n1. The van der Waals surface area contributed by atoms with Gasteiger partial charge in [-0.25, -0.2) is 4.98 Å². The van der Waals surface area contributed by atoms with Gasteiger partial charge in [0.2, 0.25) is 0 Å². The van der Waals surface area contributed by atoms with Gasteiger partial charge in [0.25, 0.3) is 5.91 Å². The van der Waals surface area contributed by atoms with E-state index in [4.69, 9.17) is 0 Å². The van der Waals surface area contributed by atoms with Crippen LogP contribution in [0, 0.1) is 6.92 Å². The predicted octanol–water partition coefficient (Wildman–Crippen LogP) is 4.34. The topological polar surface area (TPSA) is 54.9 Å². The van der Waals surface area contributed by atoms with E-state index in [1.54, 1.807) is 6.07 Å². The van der Waals surface area contributed by atoms with E-state index in [9.17, 15) is 4.79 Å². The number of carbonyl (C=O) groups excluding carboxylic acids is 1. The van der Waals surface area contributed by atoms with Gasteiger partial charge in [0, 0.05) is 16.5 Å². The molecule has 2 aromatic carbocycles. The summed E-state index contributed by atoms with van der Waals surface area (Å²) in [6.45, 7) is 1.93. The van der Waals surface area contributed by atoms with Crippen LogP contribution in [0.5, 0.6) is 0 Å². The molecule has 4 heteroatoms. The fraction of sp³-hybridized carbons (Fsp3) is 0.0500. The van der Waals surface area contributed by atoms with E-state index in [1.165, 1.54) is 0 Å². The molecule has 1 N–H and O–H groups in total. The largest absolute Gasteiger partial charge is 0.319 e. The number of aromatic nitrogens is 2. The molecule has 4 nitrogen and oxygen atoms in total. The van der Waals surface area contributed by atoms with Crippen LogP contribution in [0.4, 0.5) is 5.69 Å². The highest BCUT2D eigenvalue weighted by molar-refractivity contribution is 6.08. The minimum absolute atomic E-state index is 0.239. The quantitative estimate of drug-likeness (QED) is 0.599. The first kappa shape index (κ1) is 14.3. The minimum Gasteiger partial charge on any atom is -0.319 e. The summed E-state index contributed by atoms with van der Waals surface area (Å²) in [5.74, 6) is -0.239. The molecule has 0 atom stereocenters. The highest BCUT2D eigenvalue weighted by Gasteiger charge is 2.11. The van der Waals surface area contributed by atoms with Gasteiger partial charge in [-0.1, -0.05) is 42.5 Å². The van der Waals surface area contributed by atoms with Crippen molar-refractivity contribution in [3.63, 3.8) is 0 Å². The molecule has 116 valence electrons. The molecule has 0 aliphatic carbocycles. The Hall–Kier alpha value is -3.27. The lowest BCUT2D eigenvalue weighted by Gasteiger charge is -2.09. The molecule has 0 radical (unpaired) electrons. The van der Waals surface area contributed by atoms with Gasteiger partial charge in [-0.2, -0.15) is 0 Å². The standard InChI is InChI=1S/C20H15N3O/c1-13-9-10-15-6-4-8-17(19(15)21-13)23-20(24)18-12-11-14-5-2-3-7-16(14)22-18/h2-12H,1H3,(H,23,24). The monoisotopic (exact) mass is 313 g/mol. The summed E-state index contributed by atoms with van der Waals surface area (Å²) in [4.78, 5) is 21.6. The molecule has 0 bridgehead atoms. The Balaban J connectivity index is 1.71. The number of benzene rings is 2. The molecule has 2 heterocycles. The number of carbonyl (C=O) groups is 1. The molecule has 0 saturated heterocycles. The van der Waals surface area contributed by atoms with E-state index in [2.05, 4.69) is 15.3 Å². The molecule has 0 aliphatic heterocycles. The van der Waals surface area contributed by atoms with Crippen LogP contribution in [-0.4, -0.2) is 15.9 Å². The zero-order valence-electron chi connectivity index (χ0n) is 13.2. The average Bonchev–Trinajstić information content (AvgIpc) is 2.62. The molecule has 0 aliphatic rings. The Morgan fingerprint density at radius 1 is 0.833 bits per heavy atom. The smallest absolute Gasteiger partial charge is 0.274 e. The number of aryl methyl sites for hydroxylation is 1. The van der Waals surface area contributed by atoms with Crippen molar-refractivity contribution >= 4 is 33.4 Å². The first-order valence-electron chi connectivity index (χ1n) is 7.74. The number of hydrogen-bond donors (Lipinski definition) is 1. The summed E-state index contributed by atoms with van der Waals surface area (Å²) in [7, 11) is 0. The van der Waals surface area contributed by atoms with Gasteiger partial charge in [0.05, 0.1) is 16.7 Å². The van der Waals surface area contributed by atoms with Crippen LogP contribution >= 0.6 is 0 Å². The number of pyridine rings is 2. The summed E-state index contributed by atoms with van der Waals surface area (Å²) in [6, 6.07) is 21.1. The van der Waals surface area contributed by atoms with Crippen molar-refractivity contribution in [3.8, 4) is 0 Å². The van der Waals surface area contributed by atoms with Crippen molar-refractivity contribution < 1.29 is 4.79 Å². The zero-order valence-corrected chi connectivity index (χ0v) is 13.2. The van der Waals surface area contributed by atoms with Crippen LogP contribution in [0.2, 0.25) is 0 Å². The Bertz CT molecular complexity index is 1070. The highest BCUT2D eigenvalue weighted by Crippen LogP contribution is 2.22. The molecule has 1 amide bonds. The van der Waals surface area contributed by atoms with Gasteiger partial charge in [-0.3, -0.25) is 9.78 Å². The number of hydrogen-bond acceptors (Lipinski definition) is 3. The summed E-state index contributed by atoms with van der Waals surface area (Å²) >= 11 is 0. The van der Waals surface area contributed by atoms with Crippen LogP contribution in [0.3, 0.4) is 0 Å². The van der Waals surface area contributed by atoms with Crippen molar-refractivity contribution in [2.24, 2.45) is 0 Å². The molecule has 24 heavy (non-hydrogen) atoms. The van der Waals surface area contributed by atoms with Crippen LogP contribution < -0.4 is 5.32 Å². The number of fused-ring (bicyclic) bond motifs is 2. The van der Waals surface area contributed by atoms with Crippen molar-refractivity contribution in [2.75, 3.05) is 5.32 Å². The number of anilines is 1. The molecule has 0 unspecified atom stereocenters. The molecular weight excluding hydrogens is 298 g/mol. The lowest BCUT2D eigenvalue weighted by molar-refractivity contribution is 0.102. The average molecular weight is 313 g/mol. The third-order valence-corrected chi connectivity index (χ3v) is 3.94. The maximum absolute atomic E-state index is 12.6. The minimum atomic E-state index is -0.239. The number of para-hydroxylation sites is 2. The van der Waals surface area contributed by atoms with Gasteiger partial charge in [-0.05, 0) is 31.2 Å². The number of nitrogens with zero attached hydrogens (tertiary/aromatic N) is 2. The van der Waals surface area contributed by atoms with Gasteiger partial charge >= 0.3 is 0 Å². The van der Waals surface area contributed by atoms with Crippen LogP contribution in [0.25, 0.3) is 21.8 Å². The molecule has 4 rings (SSSR count). The van der Waals surface area contributed by atoms with Crippen molar-refractivity contribution in [2.45, 2.75) is 6.92 Å². The molecular formula is C20H15N3O. The highest BCUT2D eigenvalue weighted by atomic mass is 16.1. The number of rotatable bonds is 2. The first-order chi connectivity index (χ1) is 11.7. The van der Waals surface area contributed by atoms with Gasteiger partial charge in [0.15, 0.2) is 0 Å². The van der Waals surface area contributed by atoms with E-state index in [0.717, 1.165) is 27.5 Å². The zero-order chi connectivity index (χ0) is 16.5. The number of nitrogens with one attached hydrogen (secondary N) is 1. The summed E-state index contributed by atoms with van der Waals surface area (Å²) in [5, 5.41) is 4.93. The lowest BCUT2D eigenvalue weighted by atomic mass is 10.1. The fourth-order valence-corrected chi connectivity index (χ4v) is 2.72. The van der Waals surface area contributed by atoms with E-state index < -0.39 is 0 Å². The third kappa shape index (κ3) is 2.58. The first-order valence-corrected chi connectivity index (χ1v) is 7.74. The van der Waals surface area contributed by atoms with Crippen LogP contribution in [-0.2, 0) is 0 Å².